The third-order valence-electron chi connectivity index (χ3n) is 12.0. The highest BCUT2D eigenvalue weighted by molar-refractivity contribution is 5.77. The summed E-state index contributed by atoms with van der Waals surface area (Å²) in [5, 5.41) is 7.59. The molecule has 0 spiro atoms. The van der Waals surface area contributed by atoms with E-state index in [1.165, 1.54) is 14.2 Å². The highest BCUT2D eigenvalue weighted by Gasteiger charge is 2.41. The van der Waals surface area contributed by atoms with E-state index in [2.05, 4.69) is 83.4 Å². The summed E-state index contributed by atoms with van der Waals surface area (Å²) in [6, 6.07) is 75.3. The van der Waals surface area contributed by atoms with Crippen LogP contribution in [0.15, 0.2) is 231 Å². The number of esters is 2. The lowest BCUT2D eigenvalue weighted by Gasteiger charge is -2.39. The molecule has 0 amide bonds. The number of hydrogen-bond donors (Lipinski definition) is 2. The van der Waals surface area contributed by atoms with Gasteiger partial charge in [-0.2, -0.15) is 0 Å². The van der Waals surface area contributed by atoms with Gasteiger partial charge in [0.1, 0.15) is 23.6 Å². The monoisotopic (exact) mass is 856 g/mol. The molecule has 8 aromatic carbocycles. The molecule has 0 heterocycles. The first-order chi connectivity index (χ1) is 31.9. The Balaban J connectivity index is 1.01. The van der Waals surface area contributed by atoms with Crippen LogP contribution in [0.2, 0.25) is 0 Å². The molecule has 0 aliphatic heterocycles. The zero-order valence-electron chi connectivity index (χ0n) is 36.5. The van der Waals surface area contributed by atoms with Crippen molar-refractivity contribution in [3.63, 3.8) is 0 Å². The molecular weight excluding hydrogens is 805 g/mol. The van der Waals surface area contributed by atoms with Crippen LogP contribution < -0.4 is 15.4 Å². The summed E-state index contributed by atoms with van der Waals surface area (Å²) in [6.07, 6.45) is 0.733. The fraction of sp³-hybridized carbons (Fsp3) is 0.138. The molecular formula is C58H52N2O5. The van der Waals surface area contributed by atoms with E-state index in [4.69, 9.17) is 14.2 Å². The number of methoxy groups -OCH3 is 2. The Kier molecular flexibility index (Phi) is 14.0. The van der Waals surface area contributed by atoms with Gasteiger partial charge in [0, 0.05) is 0 Å². The molecule has 7 heteroatoms. The molecule has 0 fully saturated rings. The van der Waals surface area contributed by atoms with Crippen LogP contribution in [0.4, 0.5) is 0 Å². The minimum Gasteiger partial charge on any atom is -0.468 e. The number of carbonyl (C=O) groups is 2. The molecule has 65 heavy (non-hydrogen) atoms. The van der Waals surface area contributed by atoms with Gasteiger partial charge in [0.05, 0.1) is 25.3 Å². The molecule has 8 aromatic rings. The quantitative estimate of drug-likeness (QED) is 0.0657. The van der Waals surface area contributed by atoms with Gasteiger partial charge in [-0.1, -0.05) is 206 Å². The van der Waals surface area contributed by atoms with Crippen LogP contribution in [0.5, 0.6) is 11.5 Å². The lowest BCUT2D eigenvalue weighted by Crippen LogP contribution is -2.53. The number of benzene rings is 8. The van der Waals surface area contributed by atoms with E-state index in [-0.39, 0.29) is 11.9 Å². The summed E-state index contributed by atoms with van der Waals surface area (Å²) < 4.78 is 17.2. The molecule has 0 aliphatic carbocycles. The number of carbonyl (C=O) groups excluding carboxylic acids is 2. The van der Waals surface area contributed by atoms with Crippen molar-refractivity contribution in [3.05, 3.63) is 275 Å². The van der Waals surface area contributed by atoms with Gasteiger partial charge in [0.2, 0.25) is 0 Å². The second-order valence-corrected chi connectivity index (χ2v) is 15.9. The van der Waals surface area contributed by atoms with Crippen LogP contribution in [0.3, 0.4) is 0 Å². The zero-order valence-corrected chi connectivity index (χ0v) is 36.5. The molecule has 0 saturated carbocycles. The topological polar surface area (TPSA) is 85.9 Å². The van der Waals surface area contributed by atoms with Crippen molar-refractivity contribution in [2.24, 2.45) is 0 Å². The zero-order chi connectivity index (χ0) is 44.9. The maximum atomic E-state index is 13.7. The Morgan fingerprint density at radius 3 is 0.815 bits per heavy atom. The molecule has 8 rings (SSSR count). The van der Waals surface area contributed by atoms with Gasteiger partial charge in [-0.3, -0.25) is 20.2 Å². The van der Waals surface area contributed by atoms with Crippen LogP contribution in [0.1, 0.15) is 44.5 Å². The molecule has 0 unspecified atom stereocenters. The number of nitrogens with one attached hydrogen (secondary N) is 2. The Bertz CT molecular complexity index is 2330. The highest BCUT2D eigenvalue weighted by Crippen LogP contribution is 2.39. The van der Waals surface area contributed by atoms with Crippen molar-refractivity contribution < 1.29 is 23.8 Å². The summed E-state index contributed by atoms with van der Waals surface area (Å²) in [5.74, 6) is 0.550. The molecule has 0 bridgehead atoms. The maximum absolute atomic E-state index is 13.7. The summed E-state index contributed by atoms with van der Waals surface area (Å²) in [6.45, 7) is 0. The van der Waals surface area contributed by atoms with E-state index in [0.717, 1.165) is 44.5 Å². The Hall–Kier alpha value is -7.58. The van der Waals surface area contributed by atoms with Gasteiger partial charge in [-0.05, 0) is 81.6 Å². The fourth-order valence-electron chi connectivity index (χ4n) is 8.82. The first kappa shape index (κ1) is 44.0. The first-order valence-electron chi connectivity index (χ1n) is 21.8. The van der Waals surface area contributed by atoms with E-state index in [1.807, 2.05) is 158 Å². The summed E-state index contributed by atoms with van der Waals surface area (Å²) >= 11 is 0. The second kappa shape index (κ2) is 20.7. The molecule has 0 aliphatic rings. The summed E-state index contributed by atoms with van der Waals surface area (Å²) in [4.78, 5) is 27.3. The van der Waals surface area contributed by atoms with E-state index < -0.39 is 23.2 Å². The number of hydrogen-bond acceptors (Lipinski definition) is 7. The van der Waals surface area contributed by atoms with Crippen LogP contribution in [0.25, 0.3) is 0 Å². The predicted molar refractivity (Wildman–Crippen MR) is 257 cm³/mol. The van der Waals surface area contributed by atoms with E-state index in [9.17, 15) is 9.59 Å². The molecule has 0 radical (unpaired) electrons. The largest absolute Gasteiger partial charge is 0.468 e. The molecule has 2 atom stereocenters. The minimum absolute atomic E-state index is 0.366. The molecule has 2 N–H and O–H groups in total. The number of ether oxygens (including phenoxy) is 3. The molecule has 0 aromatic heterocycles. The normalized spacial score (nSPS) is 12.4. The van der Waals surface area contributed by atoms with E-state index in [1.54, 1.807) is 0 Å². The SMILES string of the molecule is COC(=O)[C@H](Cc1ccc(Oc2ccc(C[C@H](NC(c3ccccc3)(c3ccccc3)c3ccccc3)C(=O)OC)cc2)cc1)NC(c1ccccc1)(c1ccccc1)c1ccccc1. The van der Waals surface area contributed by atoms with Crippen LogP contribution in [-0.4, -0.2) is 38.2 Å². The first-order valence-corrected chi connectivity index (χ1v) is 21.8. The standard InChI is InChI=1S/C58H52N2O5/c1-63-55(61)53(59-57(45-21-9-3-10-22-45,46-23-11-4-12-24-46)47-25-13-5-14-26-47)41-43-33-37-51(38-34-43)65-52-39-35-44(36-40-52)42-54(56(62)64-2)60-58(48-27-15-6-16-28-48,49-29-17-7-18-30-49)50-31-19-8-20-32-50/h3-40,53-54,59-60H,41-42H2,1-2H3/t53-,54-/m0/s1. The fourth-order valence-corrected chi connectivity index (χ4v) is 8.82. The van der Waals surface area contributed by atoms with Crippen LogP contribution in [0, 0.1) is 0 Å². The van der Waals surface area contributed by atoms with Crippen molar-refractivity contribution in [3.8, 4) is 11.5 Å². The lowest BCUT2D eigenvalue weighted by atomic mass is 9.76. The van der Waals surface area contributed by atoms with Crippen molar-refractivity contribution in [2.75, 3.05) is 14.2 Å². The van der Waals surface area contributed by atoms with Gasteiger partial charge in [-0.15, -0.1) is 0 Å². The Morgan fingerprint density at radius 2 is 0.600 bits per heavy atom. The van der Waals surface area contributed by atoms with Crippen molar-refractivity contribution in [1.82, 2.24) is 10.6 Å². The Labute approximate surface area is 381 Å². The Morgan fingerprint density at radius 1 is 0.369 bits per heavy atom. The minimum atomic E-state index is -0.862. The van der Waals surface area contributed by atoms with Gasteiger partial charge < -0.3 is 14.2 Å². The van der Waals surface area contributed by atoms with Gasteiger partial charge in [0.15, 0.2) is 0 Å². The average molecular weight is 857 g/mol. The van der Waals surface area contributed by atoms with Crippen molar-refractivity contribution in [2.45, 2.75) is 36.0 Å². The second-order valence-electron chi connectivity index (χ2n) is 15.9. The van der Waals surface area contributed by atoms with E-state index in [0.29, 0.717) is 24.3 Å². The van der Waals surface area contributed by atoms with Gasteiger partial charge in [0.25, 0.3) is 0 Å². The molecule has 7 nitrogen and oxygen atoms in total. The summed E-state index contributed by atoms with van der Waals surface area (Å²) in [7, 11) is 2.85. The van der Waals surface area contributed by atoms with Crippen LogP contribution >= 0.6 is 0 Å². The van der Waals surface area contributed by atoms with Crippen molar-refractivity contribution >= 4 is 11.9 Å². The summed E-state index contributed by atoms with van der Waals surface area (Å²) in [5.41, 5.74) is 6.12. The third-order valence-corrected chi connectivity index (χ3v) is 12.0. The van der Waals surface area contributed by atoms with Gasteiger partial charge >= 0.3 is 11.9 Å². The lowest BCUT2D eigenvalue weighted by molar-refractivity contribution is -0.144. The third kappa shape index (κ3) is 9.82. The van der Waals surface area contributed by atoms with Crippen LogP contribution in [-0.2, 0) is 43.0 Å². The highest BCUT2D eigenvalue weighted by atomic mass is 16.5. The molecule has 324 valence electrons. The number of rotatable bonds is 18. The average Bonchev–Trinajstić information content (AvgIpc) is 3.38. The smallest absolute Gasteiger partial charge is 0.323 e. The maximum Gasteiger partial charge on any atom is 0.323 e. The molecule has 0 saturated heterocycles. The predicted octanol–water partition coefficient (Wildman–Crippen LogP) is 10.8. The van der Waals surface area contributed by atoms with Gasteiger partial charge in [-0.25, -0.2) is 0 Å². The van der Waals surface area contributed by atoms with Crippen molar-refractivity contribution in [1.29, 1.82) is 0 Å². The van der Waals surface area contributed by atoms with E-state index >= 15 is 0 Å².